The second kappa shape index (κ2) is 7.56. The number of rotatable bonds is 7. The molecule has 1 unspecified atom stereocenters. The van der Waals surface area contributed by atoms with Crippen molar-refractivity contribution in [3.8, 4) is 0 Å². The minimum Gasteiger partial charge on any atom is -0.301 e. The molecule has 0 aromatic rings. The first-order valence-corrected chi connectivity index (χ1v) is 4.97. The van der Waals surface area contributed by atoms with E-state index >= 15 is 0 Å². The molecule has 0 aromatic carbocycles. The molecule has 0 heterocycles. The smallest absolute Gasteiger partial charge is 0.0115 e. The quantitative estimate of drug-likeness (QED) is 0.574. The van der Waals surface area contributed by atoms with E-state index in [2.05, 4.69) is 25.7 Å². The number of nitrogens with zero attached hydrogens (tertiary/aromatic N) is 1. The summed E-state index contributed by atoms with van der Waals surface area (Å²) in [5.74, 6) is 0. The third kappa shape index (κ3) is 4.07. The summed E-state index contributed by atoms with van der Waals surface area (Å²) in [7, 11) is 0. The van der Waals surface area contributed by atoms with Gasteiger partial charge in [0.15, 0.2) is 0 Å². The van der Waals surface area contributed by atoms with Crippen LogP contribution < -0.4 is 5.73 Å². The monoisotopic (exact) mass is 170 g/mol. The Labute approximate surface area is 77.1 Å². The van der Waals surface area contributed by atoms with Crippen LogP contribution in [-0.4, -0.2) is 30.6 Å². The maximum absolute atomic E-state index is 7.21. The molecule has 12 heavy (non-hydrogen) atoms. The van der Waals surface area contributed by atoms with Crippen molar-refractivity contribution in [1.29, 1.82) is 0 Å². The lowest BCUT2D eigenvalue weighted by Crippen LogP contribution is -2.35. The van der Waals surface area contributed by atoms with Crippen molar-refractivity contribution in [1.82, 2.24) is 10.6 Å². The van der Waals surface area contributed by atoms with Crippen molar-refractivity contribution < 1.29 is 0 Å². The molecular weight excluding hydrogens is 148 g/mol. The van der Waals surface area contributed by atoms with Crippen LogP contribution in [-0.2, 0) is 0 Å². The van der Waals surface area contributed by atoms with Crippen LogP contribution in [0.1, 0.15) is 33.1 Å². The molecule has 0 saturated heterocycles. The van der Waals surface area contributed by atoms with Crippen molar-refractivity contribution in [2.75, 3.05) is 19.6 Å². The molecule has 0 aliphatic rings. The van der Waals surface area contributed by atoms with Crippen LogP contribution in [0.15, 0.2) is 0 Å². The van der Waals surface area contributed by atoms with Gasteiger partial charge in [0.2, 0.25) is 0 Å². The van der Waals surface area contributed by atoms with E-state index in [0.717, 1.165) is 32.4 Å². The molecule has 0 fully saturated rings. The zero-order chi connectivity index (χ0) is 9.40. The fraction of sp³-hybridized carbons (Fsp3) is 0.900. The first kappa shape index (κ1) is 11.9. The Morgan fingerprint density at radius 3 is 2.17 bits per heavy atom. The SMILES string of the molecule is [CH2]CCC(CC[NH])N(CC)CC. The van der Waals surface area contributed by atoms with E-state index in [1.54, 1.807) is 0 Å². The molecule has 0 saturated carbocycles. The molecular formula is C10H22N2. The Kier molecular flexibility index (Phi) is 7.51. The van der Waals surface area contributed by atoms with Gasteiger partial charge in [0.1, 0.15) is 0 Å². The highest BCUT2D eigenvalue weighted by molar-refractivity contribution is 4.70. The van der Waals surface area contributed by atoms with Crippen molar-refractivity contribution in [2.24, 2.45) is 0 Å². The van der Waals surface area contributed by atoms with E-state index in [1.165, 1.54) is 0 Å². The van der Waals surface area contributed by atoms with E-state index in [4.69, 9.17) is 5.73 Å². The lowest BCUT2D eigenvalue weighted by Gasteiger charge is -2.28. The maximum Gasteiger partial charge on any atom is 0.0115 e. The van der Waals surface area contributed by atoms with Crippen LogP contribution in [0, 0.1) is 6.92 Å². The highest BCUT2D eigenvalue weighted by Crippen LogP contribution is 2.09. The lowest BCUT2D eigenvalue weighted by atomic mass is 10.1. The standard InChI is InChI=1S/C10H22N2/c1-4-7-10(8-9-11)12(5-2)6-3/h10-11H,1,4-9H2,2-3H3. The largest absolute Gasteiger partial charge is 0.301 e. The molecule has 0 spiro atoms. The molecule has 0 amide bonds. The number of hydrogen-bond acceptors (Lipinski definition) is 1. The van der Waals surface area contributed by atoms with Gasteiger partial charge in [0, 0.05) is 12.6 Å². The van der Waals surface area contributed by atoms with Crippen LogP contribution in [0.25, 0.3) is 0 Å². The minimum atomic E-state index is 0.543. The third-order valence-electron chi connectivity index (χ3n) is 2.34. The molecule has 1 atom stereocenters. The van der Waals surface area contributed by atoms with Crippen LogP contribution in [0.4, 0.5) is 0 Å². The Bertz CT molecular complexity index is 83.8. The molecule has 2 nitrogen and oxygen atoms in total. The Hall–Kier alpha value is -0.0800. The minimum absolute atomic E-state index is 0.543. The molecule has 0 rings (SSSR count). The van der Waals surface area contributed by atoms with E-state index in [-0.39, 0.29) is 0 Å². The zero-order valence-electron chi connectivity index (χ0n) is 8.47. The van der Waals surface area contributed by atoms with Crippen molar-refractivity contribution in [2.45, 2.75) is 39.2 Å². The summed E-state index contributed by atoms with van der Waals surface area (Å²) in [4.78, 5) is 2.43. The Morgan fingerprint density at radius 2 is 1.83 bits per heavy atom. The summed E-state index contributed by atoms with van der Waals surface area (Å²) in [6.07, 6.45) is 3.12. The van der Waals surface area contributed by atoms with E-state index in [9.17, 15) is 0 Å². The van der Waals surface area contributed by atoms with Gasteiger partial charge in [-0.05, 0) is 25.9 Å². The fourth-order valence-corrected chi connectivity index (χ4v) is 1.65. The summed E-state index contributed by atoms with van der Waals surface area (Å²) in [6.45, 7) is 11.0. The Morgan fingerprint density at radius 1 is 1.25 bits per heavy atom. The summed E-state index contributed by atoms with van der Waals surface area (Å²) in [5.41, 5.74) is 7.21. The summed E-state index contributed by atoms with van der Waals surface area (Å²) < 4.78 is 0. The number of nitrogens with one attached hydrogen (secondary N) is 1. The van der Waals surface area contributed by atoms with E-state index in [0.29, 0.717) is 12.6 Å². The first-order valence-electron chi connectivity index (χ1n) is 4.97. The fourth-order valence-electron chi connectivity index (χ4n) is 1.65. The molecule has 0 aliphatic heterocycles. The highest BCUT2D eigenvalue weighted by atomic mass is 15.1. The summed E-state index contributed by atoms with van der Waals surface area (Å²) in [6, 6.07) is 0.593. The highest BCUT2D eigenvalue weighted by Gasteiger charge is 2.12. The van der Waals surface area contributed by atoms with Gasteiger partial charge < -0.3 is 4.90 Å². The predicted molar refractivity (Wildman–Crippen MR) is 53.9 cm³/mol. The molecule has 72 valence electrons. The zero-order valence-corrected chi connectivity index (χ0v) is 8.47. The normalized spacial score (nSPS) is 13.8. The third-order valence-corrected chi connectivity index (χ3v) is 2.34. The second-order valence-corrected chi connectivity index (χ2v) is 3.06. The van der Waals surface area contributed by atoms with Crippen LogP contribution in [0.3, 0.4) is 0 Å². The van der Waals surface area contributed by atoms with Crippen molar-refractivity contribution in [3.63, 3.8) is 0 Å². The maximum atomic E-state index is 7.21. The van der Waals surface area contributed by atoms with Crippen LogP contribution in [0.5, 0.6) is 0 Å². The van der Waals surface area contributed by atoms with Gasteiger partial charge in [-0.2, -0.15) is 0 Å². The van der Waals surface area contributed by atoms with Crippen molar-refractivity contribution in [3.05, 3.63) is 6.92 Å². The molecule has 0 aliphatic carbocycles. The van der Waals surface area contributed by atoms with Gasteiger partial charge in [-0.15, -0.1) is 0 Å². The lowest BCUT2D eigenvalue weighted by molar-refractivity contribution is 0.198. The average molecular weight is 170 g/mol. The second-order valence-electron chi connectivity index (χ2n) is 3.06. The van der Waals surface area contributed by atoms with E-state index < -0.39 is 0 Å². The molecule has 0 aromatic heterocycles. The summed E-state index contributed by atoms with van der Waals surface area (Å²) >= 11 is 0. The average Bonchev–Trinajstić information content (AvgIpc) is 2.07. The van der Waals surface area contributed by atoms with Crippen LogP contribution >= 0.6 is 0 Å². The van der Waals surface area contributed by atoms with Gasteiger partial charge in [0.05, 0.1) is 0 Å². The van der Waals surface area contributed by atoms with E-state index in [1.807, 2.05) is 0 Å². The Balaban J connectivity index is 3.86. The van der Waals surface area contributed by atoms with Crippen LogP contribution in [0.2, 0.25) is 0 Å². The van der Waals surface area contributed by atoms with Crippen molar-refractivity contribution >= 4 is 0 Å². The van der Waals surface area contributed by atoms with Gasteiger partial charge in [-0.1, -0.05) is 27.2 Å². The molecule has 0 bridgehead atoms. The van der Waals surface area contributed by atoms with Gasteiger partial charge in [0.25, 0.3) is 0 Å². The molecule has 1 N–H and O–H groups in total. The van der Waals surface area contributed by atoms with Gasteiger partial charge in [-0.25, -0.2) is 0 Å². The summed E-state index contributed by atoms with van der Waals surface area (Å²) in [5, 5.41) is 0. The predicted octanol–water partition coefficient (Wildman–Crippen LogP) is 1.98. The first-order chi connectivity index (χ1) is 5.79. The number of hydrogen-bond donors (Lipinski definition) is 0. The van der Waals surface area contributed by atoms with Gasteiger partial charge >= 0.3 is 0 Å². The molecule has 2 radical (unpaired) electrons. The molecule has 2 heteroatoms. The van der Waals surface area contributed by atoms with Gasteiger partial charge in [-0.3, -0.25) is 5.73 Å². The topological polar surface area (TPSA) is 27.0 Å².